The maximum absolute atomic E-state index is 12.6. The molecular formula is C15H14F3NO. The molecule has 2 N–H and O–H groups in total. The number of ether oxygens (including phenoxy) is 1. The van der Waals surface area contributed by atoms with E-state index in [1.165, 1.54) is 24.3 Å². The SMILES string of the molecule is CC(c1ccc(Oc2cccc(N)c2)cc1)C(F)(F)F. The zero-order chi connectivity index (χ0) is 14.8. The summed E-state index contributed by atoms with van der Waals surface area (Å²) in [6.45, 7) is 1.13. The van der Waals surface area contributed by atoms with Crippen LogP contribution in [-0.4, -0.2) is 6.18 Å². The Labute approximate surface area is 115 Å². The molecule has 0 aliphatic heterocycles. The van der Waals surface area contributed by atoms with Gasteiger partial charge in [0, 0.05) is 11.8 Å². The predicted molar refractivity (Wildman–Crippen MR) is 71.8 cm³/mol. The molecule has 2 aromatic carbocycles. The van der Waals surface area contributed by atoms with E-state index in [1.807, 2.05) is 0 Å². The van der Waals surface area contributed by atoms with Crippen LogP contribution in [-0.2, 0) is 0 Å². The summed E-state index contributed by atoms with van der Waals surface area (Å²) in [6.07, 6.45) is -4.24. The summed E-state index contributed by atoms with van der Waals surface area (Å²) in [6, 6.07) is 12.7. The molecule has 20 heavy (non-hydrogen) atoms. The van der Waals surface area contributed by atoms with Crippen molar-refractivity contribution in [3.63, 3.8) is 0 Å². The number of rotatable bonds is 3. The van der Waals surface area contributed by atoms with Crippen molar-refractivity contribution in [2.24, 2.45) is 0 Å². The van der Waals surface area contributed by atoms with Gasteiger partial charge < -0.3 is 10.5 Å². The molecule has 2 rings (SSSR count). The fourth-order valence-electron chi connectivity index (χ4n) is 1.73. The standard InChI is InChI=1S/C15H14F3NO/c1-10(15(16,17)18)11-5-7-13(8-6-11)20-14-4-2-3-12(19)9-14/h2-10H,19H2,1H3. The highest BCUT2D eigenvalue weighted by molar-refractivity contribution is 5.45. The van der Waals surface area contributed by atoms with Gasteiger partial charge >= 0.3 is 6.18 Å². The second-order valence-electron chi connectivity index (χ2n) is 4.51. The minimum Gasteiger partial charge on any atom is -0.457 e. The molecule has 0 saturated carbocycles. The van der Waals surface area contributed by atoms with Crippen LogP contribution >= 0.6 is 0 Å². The van der Waals surface area contributed by atoms with Crippen molar-refractivity contribution in [3.8, 4) is 11.5 Å². The van der Waals surface area contributed by atoms with Crippen LogP contribution in [0, 0.1) is 0 Å². The van der Waals surface area contributed by atoms with Crippen LogP contribution < -0.4 is 10.5 Å². The number of benzene rings is 2. The van der Waals surface area contributed by atoms with Crippen LogP contribution in [0.25, 0.3) is 0 Å². The number of hydrogen-bond donors (Lipinski definition) is 1. The summed E-state index contributed by atoms with van der Waals surface area (Å²) in [5.74, 6) is -0.487. The van der Waals surface area contributed by atoms with Crippen molar-refractivity contribution in [3.05, 3.63) is 54.1 Å². The number of nitrogen functional groups attached to an aromatic ring is 1. The molecule has 1 unspecified atom stereocenters. The molecule has 1 atom stereocenters. The van der Waals surface area contributed by atoms with Crippen molar-refractivity contribution < 1.29 is 17.9 Å². The average Bonchev–Trinajstić information content (AvgIpc) is 2.38. The lowest BCUT2D eigenvalue weighted by Gasteiger charge is -2.16. The van der Waals surface area contributed by atoms with Gasteiger partial charge in [0.05, 0.1) is 5.92 Å². The first kappa shape index (κ1) is 14.2. The van der Waals surface area contributed by atoms with Crippen molar-refractivity contribution in [2.45, 2.75) is 19.0 Å². The van der Waals surface area contributed by atoms with E-state index in [1.54, 1.807) is 24.3 Å². The van der Waals surface area contributed by atoms with Gasteiger partial charge in [0.1, 0.15) is 11.5 Å². The van der Waals surface area contributed by atoms with E-state index in [9.17, 15) is 13.2 Å². The van der Waals surface area contributed by atoms with E-state index in [4.69, 9.17) is 10.5 Å². The summed E-state index contributed by atoms with van der Waals surface area (Å²) in [4.78, 5) is 0. The van der Waals surface area contributed by atoms with Crippen LogP contribution in [0.3, 0.4) is 0 Å². The Morgan fingerprint density at radius 1 is 1.00 bits per heavy atom. The molecule has 106 valence electrons. The van der Waals surface area contributed by atoms with E-state index in [2.05, 4.69) is 0 Å². The first-order chi connectivity index (χ1) is 9.36. The second kappa shape index (κ2) is 5.45. The number of anilines is 1. The summed E-state index contributed by atoms with van der Waals surface area (Å²) in [7, 11) is 0. The van der Waals surface area contributed by atoms with Gasteiger partial charge in [-0.3, -0.25) is 0 Å². The zero-order valence-electron chi connectivity index (χ0n) is 10.8. The van der Waals surface area contributed by atoms with Gasteiger partial charge in [0.2, 0.25) is 0 Å². The molecule has 0 heterocycles. The third-order valence-electron chi connectivity index (χ3n) is 2.96. The minimum absolute atomic E-state index is 0.206. The number of alkyl halides is 3. The van der Waals surface area contributed by atoms with Gasteiger partial charge in [0.25, 0.3) is 0 Å². The third-order valence-corrected chi connectivity index (χ3v) is 2.96. The molecule has 0 fully saturated rings. The third kappa shape index (κ3) is 3.44. The van der Waals surface area contributed by atoms with Crippen molar-refractivity contribution in [2.75, 3.05) is 5.73 Å². The van der Waals surface area contributed by atoms with E-state index in [-0.39, 0.29) is 5.56 Å². The Bertz CT molecular complexity index is 578. The lowest BCUT2D eigenvalue weighted by molar-refractivity contribution is -0.146. The van der Waals surface area contributed by atoms with Crippen LogP contribution in [0.4, 0.5) is 18.9 Å². The predicted octanol–water partition coefficient (Wildman–Crippen LogP) is 4.73. The highest BCUT2D eigenvalue weighted by atomic mass is 19.4. The molecular weight excluding hydrogens is 267 g/mol. The summed E-state index contributed by atoms with van der Waals surface area (Å²) in [5.41, 5.74) is 6.38. The maximum atomic E-state index is 12.6. The number of halogens is 3. The van der Waals surface area contributed by atoms with Crippen LogP contribution in [0.1, 0.15) is 18.4 Å². The van der Waals surface area contributed by atoms with Gasteiger partial charge in [-0.05, 0) is 36.8 Å². The Balaban J connectivity index is 2.13. The molecule has 0 spiro atoms. The van der Waals surface area contributed by atoms with E-state index in [0.29, 0.717) is 17.2 Å². The molecule has 0 saturated heterocycles. The molecule has 0 aliphatic carbocycles. The summed E-state index contributed by atoms with van der Waals surface area (Å²) < 4.78 is 43.3. The molecule has 0 radical (unpaired) electrons. The molecule has 0 amide bonds. The van der Waals surface area contributed by atoms with Gasteiger partial charge in [-0.2, -0.15) is 13.2 Å². The Morgan fingerprint density at radius 3 is 2.20 bits per heavy atom. The largest absolute Gasteiger partial charge is 0.457 e. The summed E-state index contributed by atoms with van der Waals surface area (Å²) >= 11 is 0. The van der Waals surface area contributed by atoms with E-state index < -0.39 is 12.1 Å². The van der Waals surface area contributed by atoms with Crippen molar-refractivity contribution in [1.29, 1.82) is 0 Å². The lowest BCUT2D eigenvalue weighted by Crippen LogP contribution is -2.17. The molecule has 5 heteroatoms. The quantitative estimate of drug-likeness (QED) is 0.826. The normalized spacial score (nSPS) is 13.0. The molecule has 0 aliphatic rings. The Hall–Kier alpha value is -2.17. The molecule has 0 bridgehead atoms. The van der Waals surface area contributed by atoms with Gasteiger partial charge in [0.15, 0.2) is 0 Å². The van der Waals surface area contributed by atoms with Crippen LogP contribution in [0.15, 0.2) is 48.5 Å². The fraction of sp³-hybridized carbons (Fsp3) is 0.200. The van der Waals surface area contributed by atoms with Crippen molar-refractivity contribution in [1.82, 2.24) is 0 Å². The topological polar surface area (TPSA) is 35.2 Å². The maximum Gasteiger partial charge on any atom is 0.395 e. The van der Waals surface area contributed by atoms with Crippen LogP contribution in [0.5, 0.6) is 11.5 Å². The smallest absolute Gasteiger partial charge is 0.395 e. The highest BCUT2D eigenvalue weighted by Gasteiger charge is 2.36. The summed E-state index contributed by atoms with van der Waals surface area (Å²) in [5, 5.41) is 0. The average molecular weight is 281 g/mol. The molecule has 2 nitrogen and oxygen atoms in total. The van der Waals surface area contributed by atoms with Gasteiger partial charge in [-0.25, -0.2) is 0 Å². The minimum atomic E-state index is -4.24. The van der Waals surface area contributed by atoms with E-state index in [0.717, 1.165) is 6.92 Å². The Morgan fingerprint density at radius 2 is 1.65 bits per heavy atom. The van der Waals surface area contributed by atoms with Crippen LogP contribution in [0.2, 0.25) is 0 Å². The zero-order valence-corrected chi connectivity index (χ0v) is 10.8. The van der Waals surface area contributed by atoms with Crippen molar-refractivity contribution >= 4 is 5.69 Å². The van der Waals surface area contributed by atoms with Gasteiger partial charge in [-0.1, -0.05) is 18.2 Å². The number of hydrogen-bond acceptors (Lipinski definition) is 2. The second-order valence-corrected chi connectivity index (χ2v) is 4.51. The van der Waals surface area contributed by atoms with E-state index >= 15 is 0 Å². The lowest BCUT2D eigenvalue weighted by atomic mass is 10.0. The monoisotopic (exact) mass is 281 g/mol. The first-order valence-corrected chi connectivity index (χ1v) is 6.06. The van der Waals surface area contributed by atoms with Gasteiger partial charge in [-0.15, -0.1) is 0 Å². The Kier molecular flexibility index (Phi) is 3.88. The highest BCUT2D eigenvalue weighted by Crippen LogP contribution is 2.35. The fourth-order valence-corrected chi connectivity index (χ4v) is 1.73. The molecule has 2 aromatic rings. The number of nitrogens with two attached hydrogens (primary N) is 1. The first-order valence-electron chi connectivity index (χ1n) is 6.06. The molecule has 0 aromatic heterocycles.